The zero-order chi connectivity index (χ0) is 12.1. The topological polar surface area (TPSA) is 44.8 Å². The summed E-state index contributed by atoms with van der Waals surface area (Å²) in [6.07, 6.45) is 1.72. The molecule has 2 fully saturated rings. The molecule has 2 heterocycles. The zero-order valence-electron chi connectivity index (χ0n) is 10.7. The third-order valence-electron chi connectivity index (χ3n) is 3.54. The molecule has 0 bridgehead atoms. The molecule has 0 unspecified atom stereocenters. The number of amides is 1. The Morgan fingerprint density at radius 1 is 1.47 bits per heavy atom. The first-order valence-corrected chi connectivity index (χ1v) is 6.57. The Morgan fingerprint density at radius 2 is 2.24 bits per heavy atom. The first kappa shape index (κ1) is 12.8. The number of rotatable bonds is 4. The molecular formula is C12H23N3O2. The van der Waals surface area contributed by atoms with Gasteiger partial charge in [0.25, 0.3) is 5.91 Å². The largest absolute Gasteiger partial charge is 0.368 e. The molecule has 0 spiro atoms. The van der Waals surface area contributed by atoms with Gasteiger partial charge in [-0.1, -0.05) is 0 Å². The summed E-state index contributed by atoms with van der Waals surface area (Å²) in [5.74, 6) is 0.151. The second-order valence-electron chi connectivity index (χ2n) is 4.85. The van der Waals surface area contributed by atoms with Crippen molar-refractivity contribution in [3.8, 4) is 0 Å². The van der Waals surface area contributed by atoms with Gasteiger partial charge < -0.3 is 15.0 Å². The summed E-state index contributed by atoms with van der Waals surface area (Å²) in [6.45, 7) is 6.80. The highest BCUT2D eigenvalue weighted by atomic mass is 16.5. The Hall–Kier alpha value is -0.650. The van der Waals surface area contributed by atoms with Gasteiger partial charge in [-0.05, 0) is 12.8 Å². The van der Waals surface area contributed by atoms with E-state index >= 15 is 0 Å². The van der Waals surface area contributed by atoms with E-state index in [1.807, 2.05) is 11.9 Å². The number of hydrogen-bond donors (Lipinski definition) is 1. The number of piperazine rings is 1. The lowest BCUT2D eigenvalue weighted by atomic mass is 10.2. The summed E-state index contributed by atoms with van der Waals surface area (Å²) in [7, 11) is 1.88. The molecule has 5 nitrogen and oxygen atoms in total. The quantitative estimate of drug-likeness (QED) is 0.723. The van der Waals surface area contributed by atoms with Crippen LogP contribution in [-0.2, 0) is 9.53 Å². The number of likely N-dealkylation sites (N-methyl/N-ethyl adjacent to an activating group) is 1. The minimum atomic E-state index is -0.178. The molecule has 0 aliphatic carbocycles. The van der Waals surface area contributed by atoms with E-state index in [0.29, 0.717) is 0 Å². The molecule has 1 amide bonds. The van der Waals surface area contributed by atoms with Gasteiger partial charge in [-0.25, -0.2) is 0 Å². The minimum Gasteiger partial charge on any atom is -0.368 e. The van der Waals surface area contributed by atoms with Gasteiger partial charge in [0.2, 0.25) is 0 Å². The van der Waals surface area contributed by atoms with Crippen molar-refractivity contribution >= 4 is 5.91 Å². The van der Waals surface area contributed by atoms with Gasteiger partial charge in [0.05, 0.1) is 0 Å². The number of carbonyl (C=O) groups excluding carboxylic acids is 1. The van der Waals surface area contributed by atoms with Crippen molar-refractivity contribution < 1.29 is 9.53 Å². The number of nitrogens with zero attached hydrogens (tertiary/aromatic N) is 2. The van der Waals surface area contributed by atoms with Crippen LogP contribution in [-0.4, -0.2) is 74.7 Å². The van der Waals surface area contributed by atoms with Crippen LogP contribution >= 0.6 is 0 Å². The molecule has 0 saturated carbocycles. The van der Waals surface area contributed by atoms with Crippen LogP contribution < -0.4 is 5.32 Å². The fourth-order valence-electron chi connectivity index (χ4n) is 2.35. The predicted molar refractivity (Wildman–Crippen MR) is 65.9 cm³/mol. The molecule has 2 aliphatic heterocycles. The molecule has 0 aromatic heterocycles. The summed E-state index contributed by atoms with van der Waals surface area (Å²) >= 11 is 0. The van der Waals surface area contributed by atoms with Crippen LogP contribution in [0.2, 0.25) is 0 Å². The van der Waals surface area contributed by atoms with E-state index in [9.17, 15) is 4.79 Å². The summed E-state index contributed by atoms with van der Waals surface area (Å²) in [5, 5.41) is 3.33. The van der Waals surface area contributed by atoms with Crippen LogP contribution in [0.3, 0.4) is 0 Å². The maximum Gasteiger partial charge on any atom is 0.251 e. The highest BCUT2D eigenvalue weighted by Gasteiger charge is 2.26. The second kappa shape index (κ2) is 6.33. The second-order valence-corrected chi connectivity index (χ2v) is 4.85. The standard InChI is InChI=1S/C12H23N3O2/c1-14(12(16)11-3-2-10-17-11)8-9-15-6-4-13-5-7-15/h11,13H,2-10H2,1H3/t11-/m0/s1. The fourth-order valence-corrected chi connectivity index (χ4v) is 2.35. The van der Waals surface area contributed by atoms with E-state index < -0.39 is 0 Å². The third kappa shape index (κ3) is 3.66. The van der Waals surface area contributed by atoms with Crippen LogP contribution in [0.5, 0.6) is 0 Å². The summed E-state index contributed by atoms with van der Waals surface area (Å²) in [6, 6.07) is 0. The van der Waals surface area contributed by atoms with Gasteiger partial charge in [-0.2, -0.15) is 0 Å². The van der Waals surface area contributed by atoms with E-state index in [4.69, 9.17) is 4.74 Å². The van der Waals surface area contributed by atoms with Gasteiger partial charge in [-0.15, -0.1) is 0 Å². The maximum absolute atomic E-state index is 12.0. The first-order valence-electron chi connectivity index (χ1n) is 6.57. The monoisotopic (exact) mass is 241 g/mol. The van der Waals surface area contributed by atoms with Gasteiger partial charge in [0.15, 0.2) is 0 Å². The average molecular weight is 241 g/mol. The molecule has 17 heavy (non-hydrogen) atoms. The van der Waals surface area contributed by atoms with Crippen molar-refractivity contribution in [3.05, 3.63) is 0 Å². The molecule has 0 aromatic carbocycles. The van der Waals surface area contributed by atoms with E-state index in [-0.39, 0.29) is 12.0 Å². The molecule has 0 aromatic rings. The Kier molecular flexibility index (Phi) is 4.76. The highest BCUT2D eigenvalue weighted by molar-refractivity contribution is 5.80. The van der Waals surface area contributed by atoms with Crippen LogP contribution in [0.15, 0.2) is 0 Å². The normalized spacial score (nSPS) is 26.1. The van der Waals surface area contributed by atoms with Crippen LogP contribution in [0, 0.1) is 0 Å². The Morgan fingerprint density at radius 3 is 2.88 bits per heavy atom. The molecule has 2 aliphatic rings. The van der Waals surface area contributed by atoms with E-state index in [0.717, 1.165) is 58.7 Å². The zero-order valence-corrected chi connectivity index (χ0v) is 10.7. The summed E-state index contributed by atoms with van der Waals surface area (Å²) in [4.78, 5) is 16.2. The van der Waals surface area contributed by atoms with Crippen molar-refractivity contribution in [3.63, 3.8) is 0 Å². The summed E-state index contributed by atoms with van der Waals surface area (Å²) < 4.78 is 5.41. The Bertz CT molecular complexity index is 248. The highest BCUT2D eigenvalue weighted by Crippen LogP contribution is 2.13. The lowest BCUT2D eigenvalue weighted by molar-refractivity contribution is -0.139. The smallest absolute Gasteiger partial charge is 0.251 e. The van der Waals surface area contributed by atoms with E-state index in [1.165, 1.54) is 0 Å². The lowest BCUT2D eigenvalue weighted by Crippen LogP contribution is -2.47. The molecule has 98 valence electrons. The average Bonchev–Trinajstić information content (AvgIpc) is 2.90. The number of ether oxygens (including phenoxy) is 1. The maximum atomic E-state index is 12.0. The Balaban J connectivity index is 1.68. The molecule has 2 rings (SSSR count). The SMILES string of the molecule is CN(CCN1CCNCC1)C(=O)[C@@H]1CCCO1. The Labute approximate surface area is 103 Å². The van der Waals surface area contributed by atoms with Crippen molar-refractivity contribution in [2.24, 2.45) is 0 Å². The number of hydrogen-bond acceptors (Lipinski definition) is 4. The lowest BCUT2D eigenvalue weighted by Gasteiger charge is -2.29. The molecule has 0 radical (unpaired) electrons. The number of nitrogens with one attached hydrogen (secondary N) is 1. The third-order valence-corrected chi connectivity index (χ3v) is 3.54. The van der Waals surface area contributed by atoms with Crippen LogP contribution in [0.25, 0.3) is 0 Å². The van der Waals surface area contributed by atoms with Gasteiger partial charge >= 0.3 is 0 Å². The summed E-state index contributed by atoms with van der Waals surface area (Å²) in [5.41, 5.74) is 0. The van der Waals surface area contributed by atoms with Crippen molar-refractivity contribution in [1.29, 1.82) is 0 Å². The fraction of sp³-hybridized carbons (Fsp3) is 0.917. The van der Waals surface area contributed by atoms with Crippen LogP contribution in [0.1, 0.15) is 12.8 Å². The molecule has 1 atom stereocenters. The molecule has 2 saturated heterocycles. The van der Waals surface area contributed by atoms with Gasteiger partial charge in [-0.3, -0.25) is 9.69 Å². The first-order chi connectivity index (χ1) is 8.27. The van der Waals surface area contributed by atoms with Gasteiger partial charge in [0, 0.05) is 52.9 Å². The molecular weight excluding hydrogens is 218 g/mol. The predicted octanol–water partition coefficient (Wildman–Crippen LogP) is -0.471. The van der Waals surface area contributed by atoms with Crippen molar-refractivity contribution in [2.45, 2.75) is 18.9 Å². The molecule has 1 N–H and O–H groups in total. The van der Waals surface area contributed by atoms with Crippen molar-refractivity contribution in [1.82, 2.24) is 15.1 Å². The van der Waals surface area contributed by atoms with Gasteiger partial charge in [0.1, 0.15) is 6.10 Å². The van der Waals surface area contributed by atoms with E-state index in [2.05, 4.69) is 10.2 Å². The minimum absolute atomic E-state index is 0.151. The number of carbonyl (C=O) groups is 1. The molecule has 5 heteroatoms. The van der Waals surface area contributed by atoms with Crippen LogP contribution in [0.4, 0.5) is 0 Å². The van der Waals surface area contributed by atoms with Crippen molar-refractivity contribution in [2.75, 3.05) is 52.9 Å². The van der Waals surface area contributed by atoms with E-state index in [1.54, 1.807) is 0 Å².